The van der Waals surface area contributed by atoms with E-state index >= 15 is 0 Å². The van der Waals surface area contributed by atoms with Gasteiger partial charge in [0.2, 0.25) is 5.78 Å². The number of ketones is 1. The van der Waals surface area contributed by atoms with E-state index in [1.54, 1.807) is 0 Å². The molecule has 0 fully saturated rings. The summed E-state index contributed by atoms with van der Waals surface area (Å²) in [7, 11) is 1.23. The normalized spacial score (nSPS) is 16.9. The fourth-order valence-corrected chi connectivity index (χ4v) is 2.94. The summed E-state index contributed by atoms with van der Waals surface area (Å²) >= 11 is 0. The number of carbonyl (C=O) groups excluding carboxylic acids is 1. The van der Waals surface area contributed by atoms with Gasteiger partial charge in [0.25, 0.3) is 0 Å². The van der Waals surface area contributed by atoms with Crippen molar-refractivity contribution in [3.05, 3.63) is 75.2 Å². The summed E-state index contributed by atoms with van der Waals surface area (Å²) < 4.78 is 49.2. The Balaban J connectivity index is 2.05. The fourth-order valence-electron chi connectivity index (χ4n) is 2.94. The Bertz CT molecular complexity index is 1000. The number of nitrogens with zero attached hydrogens (tertiary/aromatic N) is 1. The van der Waals surface area contributed by atoms with Crippen LogP contribution in [0.5, 0.6) is 5.75 Å². The lowest BCUT2D eigenvalue weighted by atomic mass is 9.95. The van der Waals surface area contributed by atoms with Gasteiger partial charge in [0.15, 0.2) is 17.7 Å². The number of para-hydroxylation sites is 1. The van der Waals surface area contributed by atoms with E-state index in [9.17, 15) is 28.1 Å². The number of carbonyl (C=O) groups is 1. The van der Waals surface area contributed by atoms with Crippen molar-refractivity contribution < 1.29 is 32.4 Å². The molecule has 2 N–H and O–H groups in total. The van der Waals surface area contributed by atoms with Gasteiger partial charge in [-0.05, 0) is 29.8 Å². The second-order valence-electron chi connectivity index (χ2n) is 5.84. The first-order valence-electron chi connectivity index (χ1n) is 7.84. The average Bonchev–Trinajstić information content (AvgIpc) is 2.94. The van der Waals surface area contributed by atoms with Crippen molar-refractivity contribution in [3.8, 4) is 5.75 Å². The highest BCUT2D eigenvalue weighted by atomic mass is 19.4. The van der Waals surface area contributed by atoms with Crippen molar-refractivity contribution in [1.29, 1.82) is 0 Å². The molecule has 7 nitrogen and oxygen atoms in total. The highest BCUT2D eigenvalue weighted by molar-refractivity contribution is 6.25. The molecule has 1 unspecified atom stereocenters. The van der Waals surface area contributed by atoms with Crippen LogP contribution >= 0.6 is 0 Å². The number of rotatable bonds is 4. The van der Waals surface area contributed by atoms with Crippen molar-refractivity contribution in [2.45, 2.75) is 12.3 Å². The zero-order valence-corrected chi connectivity index (χ0v) is 14.3. The molecule has 146 valence electrons. The molecule has 0 spiro atoms. The minimum absolute atomic E-state index is 0.0922. The molecule has 0 aliphatic carbocycles. The molecule has 0 aromatic heterocycles. The van der Waals surface area contributed by atoms with E-state index in [1.807, 2.05) is 0 Å². The predicted molar refractivity (Wildman–Crippen MR) is 91.0 cm³/mol. The van der Waals surface area contributed by atoms with Crippen molar-refractivity contribution in [2.24, 2.45) is 5.73 Å². The monoisotopic (exact) mass is 394 g/mol. The van der Waals surface area contributed by atoms with Crippen LogP contribution in [0.15, 0.2) is 48.3 Å². The predicted octanol–water partition coefficient (Wildman–Crippen LogP) is 3.59. The van der Waals surface area contributed by atoms with Gasteiger partial charge in [-0.3, -0.25) is 14.9 Å². The van der Waals surface area contributed by atoms with Crippen molar-refractivity contribution >= 4 is 17.0 Å². The Morgan fingerprint density at radius 1 is 1.21 bits per heavy atom. The van der Waals surface area contributed by atoms with Crippen LogP contribution in [0.4, 0.5) is 18.9 Å². The summed E-state index contributed by atoms with van der Waals surface area (Å²) in [6, 6.07) is 8.10. The summed E-state index contributed by atoms with van der Waals surface area (Å²) in [5, 5.41) is 11.4. The second kappa shape index (κ2) is 6.87. The quantitative estimate of drug-likeness (QED) is 0.628. The molecular formula is C18H13F3N2O5. The minimum atomic E-state index is -4.61. The van der Waals surface area contributed by atoms with E-state index in [-0.39, 0.29) is 22.4 Å². The molecule has 1 aliphatic rings. The largest absolute Gasteiger partial charge is 0.490 e. The lowest BCUT2D eigenvalue weighted by molar-refractivity contribution is -0.386. The second-order valence-corrected chi connectivity index (χ2v) is 5.84. The summed E-state index contributed by atoms with van der Waals surface area (Å²) in [4.78, 5) is 23.6. The van der Waals surface area contributed by atoms with Gasteiger partial charge in [-0.1, -0.05) is 18.2 Å². The first-order valence-corrected chi connectivity index (χ1v) is 7.84. The number of benzene rings is 2. The van der Waals surface area contributed by atoms with E-state index in [1.165, 1.54) is 31.4 Å². The van der Waals surface area contributed by atoms with Crippen LogP contribution in [0.2, 0.25) is 0 Å². The van der Waals surface area contributed by atoms with Gasteiger partial charge in [-0.25, -0.2) is 0 Å². The first kappa shape index (κ1) is 19.2. The van der Waals surface area contributed by atoms with E-state index in [4.69, 9.17) is 15.2 Å². The Morgan fingerprint density at radius 2 is 1.89 bits per heavy atom. The summed E-state index contributed by atoms with van der Waals surface area (Å²) in [6.07, 6.45) is -6.08. The number of methoxy groups -OCH3 is 1. The van der Waals surface area contributed by atoms with Gasteiger partial charge in [0.1, 0.15) is 0 Å². The molecule has 1 atom stereocenters. The molecule has 0 radical (unpaired) electrons. The third-order valence-electron chi connectivity index (χ3n) is 4.17. The summed E-state index contributed by atoms with van der Waals surface area (Å²) in [6.45, 7) is 0. The third-order valence-corrected chi connectivity index (χ3v) is 4.17. The smallest absolute Gasteiger partial charge is 0.416 e. The van der Waals surface area contributed by atoms with Crippen LogP contribution in [0, 0.1) is 10.1 Å². The van der Waals surface area contributed by atoms with Gasteiger partial charge in [-0.2, -0.15) is 13.2 Å². The molecule has 0 saturated carbocycles. The van der Waals surface area contributed by atoms with Gasteiger partial charge in [0, 0.05) is 0 Å². The Morgan fingerprint density at radius 3 is 2.50 bits per heavy atom. The van der Waals surface area contributed by atoms with Gasteiger partial charge >= 0.3 is 11.9 Å². The number of halogens is 3. The number of Topliss-reactive ketones (excluding diaryl/α,β-unsaturated/α-hetero) is 1. The van der Waals surface area contributed by atoms with Gasteiger partial charge in [-0.15, -0.1) is 0 Å². The van der Waals surface area contributed by atoms with Gasteiger partial charge < -0.3 is 15.2 Å². The van der Waals surface area contributed by atoms with Crippen LogP contribution in [0.3, 0.4) is 0 Å². The molecule has 1 aliphatic heterocycles. The number of hydrogen-bond donors (Lipinski definition) is 1. The first-order chi connectivity index (χ1) is 13.1. The third kappa shape index (κ3) is 3.24. The van der Waals surface area contributed by atoms with Crippen LogP contribution in [0.1, 0.15) is 22.8 Å². The van der Waals surface area contributed by atoms with E-state index < -0.39 is 40.1 Å². The fraction of sp³-hybridized carbons (Fsp3) is 0.167. The van der Waals surface area contributed by atoms with Crippen molar-refractivity contribution in [2.75, 3.05) is 7.11 Å². The molecule has 0 saturated heterocycles. The zero-order chi connectivity index (χ0) is 20.6. The Kier molecular flexibility index (Phi) is 4.72. The standard InChI is InChI=1S/C18H13F3N2O5/c1-27-12-7-3-6-11(14(12)23(25)26)16-15(24)13(17(22)28-16)9-4-2-5-10(8-9)18(19,20)21/h2-8,16H,22H2,1H3. The number of nitro benzene ring substituents is 1. The zero-order valence-electron chi connectivity index (χ0n) is 14.3. The van der Waals surface area contributed by atoms with E-state index in [0.29, 0.717) is 0 Å². The molecule has 10 heteroatoms. The Labute approximate surface area is 156 Å². The maximum Gasteiger partial charge on any atom is 0.416 e. The molecule has 2 aromatic carbocycles. The van der Waals surface area contributed by atoms with Crippen molar-refractivity contribution in [1.82, 2.24) is 0 Å². The summed E-state index contributed by atoms with van der Waals surface area (Å²) in [5.74, 6) is -1.29. The lowest BCUT2D eigenvalue weighted by Crippen LogP contribution is -2.13. The molecular weight excluding hydrogens is 381 g/mol. The molecule has 28 heavy (non-hydrogen) atoms. The highest BCUT2D eigenvalue weighted by Gasteiger charge is 2.41. The van der Waals surface area contributed by atoms with Gasteiger partial charge in [0.05, 0.1) is 28.7 Å². The van der Waals surface area contributed by atoms with E-state index in [2.05, 4.69) is 0 Å². The SMILES string of the molecule is COc1cccc(C2OC(N)=C(c3cccc(C(F)(F)F)c3)C2=O)c1[N+](=O)[O-]. The van der Waals surface area contributed by atoms with Crippen LogP contribution in [-0.2, 0) is 15.7 Å². The summed E-state index contributed by atoms with van der Waals surface area (Å²) in [5.41, 5.74) is 3.82. The number of ether oxygens (including phenoxy) is 2. The van der Waals surface area contributed by atoms with Crippen LogP contribution in [-0.4, -0.2) is 17.8 Å². The molecule has 2 aromatic rings. The number of nitro groups is 1. The number of hydrogen-bond acceptors (Lipinski definition) is 6. The molecule has 1 heterocycles. The Hall–Kier alpha value is -3.56. The lowest BCUT2D eigenvalue weighted by Gasteiger charge is -2.12. The molecule has 0 bridgehead atoms. The van der Waals surface area contributed by atoms with E-state index in [0.717, 1.165) is 18.2 Å². The minimum Gasteiger partial charge on any atom is -0.490 e. The topological polar surface area (TPSA) is 105 Å². The highest BCUT2D eigenvalue weighted by Crippen LogP contribution is 2.43. The molecule has 0 amide bonds. The maximum atomic E-state index is 13.0. The number of alkyl halides is 3. The van der Waals surface area contributed by atoms with Crippen molar-refractivity contribution in [3.63, 3.8) is 0 Å². The number of nitrogens with two attached hydrogens (primary N) is 1. The van der Waals surface area contributed by atoms with Crippen LogP contribution < -0.4 is 10.5 Å². The maximum absolute atomic E-state index is 13.0. The van der Waals surface area contributed by atoms with Crippen LogP contribution in [0.25, 0.3) is 5.57 Å². The average molecular weight is 394 g/mol. The molecule has 3 rings (SSSR count).